The third kappa shape index (κ3) is 38.8. The summed E-state index contributed by atoms with van der Waals surface area (Å²) >= 11 is 0. The van der Waals surface area contributed by atoms with Crippen LogP contribution < -0.4 is 5.32 Å². The first kappa shape index (κ1) is 47.1. The van der Waals surface area contributed by atoms with E-state index < -0.39 is 5.97 Å². The Morgan fingerprint density at radius 2 is 0.918 bits per heavy atom. The monoisotopic (exact) mass is 692 g/mol. The van der Waals surface area contributed by atoms with Gasteiger partial charge in [-0.05, 0) is 44.6 Å². The van der Waals surface area contributed by atoms with Gasteiger partial charge in [-0.3, -0.25) is 14.4 Å². The van der Waals surface area contributed by atoms with E-state index in [9.17, 15) is 14.4 Å². The highest BCUT2D eigenvalue weighted by atomic mass is 16.5. The van der Waals surface area contributed by atoms with Crippen molar-refractivity contribution < 1.29 is 24.2 Å². The van der Waals surface area contributed by atoms with Crippen molar-refractivity contribution in [1.82, 2.24) is 5.32 Å². The minimum atomic E-state index is -1.01. The predicted molar refractivity (Wildman–Crippen MR) is 208 cm³/mol. The van der Waals surface area contributed by atoms with Gasteiger partial charge in [0.1, 0.15) is 12.6 Å². The zero-order valence-corrected chi connectivity index (χ0v) is 32.6. The molecule has 0 saturated heterocycles. The van der Waals surface area contributed by atoms with Crippen LogP contribution in [0.5, 0.6) is 0 Å². The van der Waals surface area contributed by atoms with Gasteiger partial charge >= 0.3 is 11.9 Å². The second kappa shape index (κ2) is 38.9. The average Bonchev–Trinajstić information content (AvgIpc) is 3.08. The van der Waals surface area contributed by atoms with Crippen molar-refractivity contribution in [3.8, 4) is 0 Å². The lowest BCUT2D eigenvalue weighted by molar-refractivity contribution is -0.147. The number of unbranched alkanes of at least 4 members (excludes halogenated alkanes) is 28. The van der Waals surface area contributed by atoms with E-state index in [1.807, 2.05) is 0 Å². The van der Waals surface area contributed by atoms with E-state index in [-0.39, 0.29) is 24.5 Å². The molecular weight excluding hydrogens is 610 g/mol. The van der Waals surface area contributed by atoms with E-state index >= 15 is 0 Å². The molecule has 0 heterocycles. The molecule has 0 saturated carbocycles. The third-order valence-corrected chi connectivity index (χ3v) is 9.67. The molecule has 6 nitrogen and oxygen atoms in total. The number of carbonyl (C=O) groups is 3. The highest BCUT2D eigenvalue weighted by molar-refractivity contribution is 5.80. The van der Waals surface area contributed by atoms with Gasteiger partial charge in [-0.15, -0.1) is 0 Å². The standard InChI is InChI=1S/C43H81NO5/c1-3-5-7-9-11-13-14-15-16-17-18-19-20-21-22-24-30-34-38-43(48)49-40(35-31-27-23-12-10-8-6-4-2)36-32-28-25-26-29-33-37-41(45)44-39-42(46)47/h31,35,40H,3-30,32-34,36-39H2,1-2H3,(H,44,45)(H,46,47)/b35-31-. The smallest absolute Gasteiger partial charge is 0.322 e. The topological polar surface area (TPSA) is 92.7 Å². The van der Waals surface area contributed by atoms with E-state index in [4.69, 9.17) is 9.84 Å². The summed E-state index contributed by atoms with van der Waals surface area (Å²) in [6.07, 6.45) is 45.0. The summed E-state index contributed by atoms with van der Waals surface area (Å²) in [6, 6.07) is 0. The maximum absolute atomic E-state index is 12.7. The normalized spacial score (nSPS) is 12.0. The van der Waals surface area contributed by atoms with Crippen LogP contribution in [-0.4, -0.2) is 35.6 Å². The summed E-state index contributed by atoms with van der Waals surface area (Å²) in [5.41, 5.74) is 0. The van der Waals surface area contributed by atoms with Crippen LogP contribution in [0.1, 0.15) is 232 Å². The highest BCUT2D eigenvalue weighted by Crippen LogP contribution is 2.17. The molecule has 6 heteroatoms. The van der Waals surface area contributed by atoms with Crippen LogP contribution in [0.15, 0.2) is 12.2 Å². The molecule has 49 heavy (non-hydrogen) atoms. The fourth-order valence-electron chi connectivity index (χ4n) is 6.48. The Morgan fingerprint density at radius 1 is 0.531 bits per heavy atom. The molecule has 0 spiro atoms. The molecule has 1 unspecified atom stereocenters. The van der Waals surface area contributed by atoms with Gasteiger partial charge in [0.15, 0.2) is 0 Å². The summed E-state index contributed by atoms with van der Waals surface area (Å²) in [5.74, 6) is -1.25. The Morgan fingerprint density at radius 3 is 1.37 bits per heavy atom. The molecule has 0 rings (SSSR count). The summed E-state index contributed by atoms with van der Waals surface area (Å²) in [7, 11) is 0. The van der Waals surface area contributed by atoms with E-state index in [1.165, 1.54) is 141 Å². The minimum Gasteiger partial charge on any atom is -0.480 e. The molecule has 0 aliphatic carbocycles. The Labute approximate surface area is 303 Å². The van der Waals surface area contributed by atoms with E-state index in [0.717, 1.165) is 64.2 Å². The van der Waals surface area contributed by atoms with Crippen molar-refractivity contribution in [2.75, 3.05) is 6.54 Å². The van der Waals surface area contributed by atoms with Gasteiger partial charge in [-0.25, -0.2) is 0 Å². The van der Waals surface area contributed by atoms with Gasteiger partial charge in [0, 0.05) is 12.8 Å². The zero-order chi connectivity index (χ0) is 35.9. The van der Waals surface area contributed by atoms with Crippen molar-refractivity contribution >= 4 is 17.8 Å². The van der Waals surface area contributed by atoms with Crippen LogP contribution in [0.3, 0.4) is 0 Å². The molecule has 0 aliphatic heterocycles. The van der Waals surface area contributed by atoms with Crippen LogP contribution in [0.4, 0.5) is 0 Å². The maximum Gasteiger partial charge on any atom is 0.322 e. The number of carboxylic acids is 1. The second-order valence-electron chi connectivity index (χ2n) is 14.6. The molecule has 0 aromatic heterocycles. The number of carbonyl (C=O) groups excluding carboxylic acids is 2. The van der Waals surface area contributed by atoms with Crippen LogP contribution in [0.2, 0.25) is 0 Å². The molecular formula is C43H81NO5. The molecule has 0 fully saturated rings. The number of carboxylic acid groups (broad SMARTS) is 1. The second-order valence-corrected chi connectivity index (χ2v) is 14.6. The molecule has 288 valence electrons. The first-order chi connectivity index (χ1) is 24.0. The summed E-state index contributed by atoms with van der Waals surface area (Å²) in [5, 5.41) is 11.1. The van der Waals surface area contributed by atoms with E-state index in [0.29, 0.717) is 12.8 Å². The number of hydrogen-bond donors (Lipinski definition) is 2. The summed E-state index contributed by atoms with van der Waals surface area (Å²) in [4.78, 5) is 34.8. The number of hydrogen-bond acceptors (Lipinski definition) is 4. The molecule has 0 bridgehead atoms. The molecule has 0 aromatic carbocycles. The molecule has 1 atom stereocenters. The van der Waals surface area contributed by atoms with E-state index in [1.54, 1.807) is 0 Å². The Kier molecular flexibility index (Phi) is 37.5. The van der Waals surface area contributed by atoms with Gasteiger partial charge in [0.05, 0.1) is 0 Å². The van der Waals surface area contributed by atoms with Crippen LogP contribution in [0.25, 0.3) is 0 Å². The van der Waals surface area contributed by atoms with Crippen LogP contribution in [0, 0.1) is 0 Å². The van der Waals surface area contributed by atoms with Crippen molar-refractivity contribution in [2.24, 2.45) is 0 Å². The lowest BCUT2D eigenvalue weighted by Crippen LogP contribution is -2.28. The van der Waals surface area contributed by atoms with Crippen molar-refractivity contribution in [3.05, 3.63) is 12.2 Å². The van der Waals surface area contributed by atoms with E-state index in [2.05, 4.69) is 31.3 Å². The first-order valence-corrected chi connectivity index (χ1v) is 21.3. The molecule has 1 amide bonds. The maximum atomic E-state index is 12.7. The number of allylic oxidation sites excluding steroid dienone is 1. The molecule has 0 aliphatic rings. The summed E-state index contributed by atoms with van der Waals surface area (Å²) in [6.45, 7) is 4.23. The average molecular weight is 692 g/mol. The van der Waals surface area contributed by atoms with Crippen molar-refractivity contribution in [2.45, 2.75) is 238 Å². The Balaban J connectivity index is 4.02. The van der Waals surface area contributed by atoms with Gasteiger partial charge in [-0.1, -0.05) is 187 Å². The van der Waals surface area contributed by atoms with Crippen LogP contribution in [-0.2, 0) is 19.1 Å². The Bertz CT molecular complexity index is 767. The molecule has 0 radical (unpaired) electrons. The number of rotatable bonds is 39. The fraction of sp³-hybridized carbons (Fsp3) is 0.884. The van der Waals surface area contributed by atoms with Gasteiger partial charge in [0.25, 0.3) is 0 Å². The number of amides is 1. The lowest BCUT2D eigenvalue weighted by atomic mass is 10.0. The Hall–Kier alpha value is -1.85. The largest absolute Gasteiger partial charge is 0.480 e. The SMILES string of the molecule is CCCCCCCC/C=C\C(CCCCCCCCC(=O)NCC(=O)O)OC(=O)CCCCCCCCCCCCCCCCCCCC. The number of aliphatic carboxylic acids is 1. The fourth-order valence-corrected chi connectivity index (χ4v) is 6.48. The van der Waals surface area contributed by atoms with Gasteiger partial charge in [0.2, 0.25) is 5.91 Å². The molecule has 0 aromatic rings. The van der Waals surface area contributed by atoms with Gasteiger partial charge < -0.3 is 15.2 Å². The lowest BCUT2D eigenvalue weighted by Gasteiger charge is -2.15. The number of nitrogens with one attached hydrogen (secondary N) is 1. The zero-order valence-electron chi connectivity index (χ0n) is 32.6. The van der Waals surface area contributed by atoms with Crippen molar-refractivity contribution in [1.29, 1.82) is 0 Å². The highest BCUT2D eigenvalue weighted by Gasteiger charge is 2.12. The quantitative estimate of drug-likeness (QED) is 0.0380. The van der Waals surface area contributed by atoms with Crippen molar-refractivity contribution in [3.63, 3.8) is 0 Å². The summed E-state index contributed by atoms with van der Waals surface area (Å²) < 4.78 is 5.94. The predicted octanol–water partition coefficient (Wildman–Crippen LogP) is 13.0. The molecule has 2 N–H and O–H groups in total. The first-order valence-electron chi connectivity index (χ1n) is 21.3. The number of ether oxygens (including phenoxy) is 1. The van der Waals surface area contributed by atoms with Gasteiger partial charge in [-0.2, -0.15) is 0 Å². The minimum absolute atomic E-state index is 0.0492. The van der Waals surface area contributed by atoms with Crippen LogP contribution >= 0.6 is 0 Å². The number of esters is 1. The third-order valence-electron chi connectivity index (χ3n) is 9.67.